The maximum Gasteiger partial charge on any atom is 0.337 e. The Labute approximate surface area is 98.1 Å². The van der Waals surface area contributed by atoms with E-state index in [-0.39, 0.29) is 10.5 Å². The summed E-state index contributed by atoms with van der Waals surface area (Å²) in [4.78, 5) is 10.5. The summed E-state index contributed by atoms with van der Waals surface area (Å²) in [6, 6.07) is 5.12. The van der Waals surface area contributed by atoms with Crippen molar-refractivity contribution in [3.05, 3.63) is 29.8 Å². The summed E-state index contributed by atoms with van der Waals surface area (Å²) in [5.41, 5.74) is -0.349. The van der Waals surface area contributed by atoms with Crippen LogP contribution < -0.4 is 0 Å². The third-order valence-electron chi connectivity index (χ3n) is 2.08. The second-order valence-electron chi connectivity index (χ2n) is 3.42. The number of benzene rings is 1. The molecule has 0 fully saturated rings. The van der Waals surface area contributed by atoms with E-state index >= 15 is 0 Å². The van der Waals surface area contributed by atoms with Gasteiger partial charge < -0.3 is 15.3 Å². The Hall–Kier alpha value is -1.44. The van der Waals surface area contributed by atoms with E-state index in [1.54, 1.807) is 0 Å². The van der Waals surface area contributed by atoms with Gasteiger partial charge in [-0.05, 0) is 12.1 Å². The average Bonchev–Trinajstić information content (AvgIpc) is 2.28. The van der Waals surface area contributed by atoms with Gasteiger partial charge in [-0.25, -0.2) is 13.2 Å². The number of hydrogen-bond acceptors (Lipinski definition) is 5. The van der Waals surface area contributed by atoms with Gasteiger partial charge >= 0.3 is 5.97 Å². The second kappa shape index (κ2) is 5.26. The number of sulfone groups is 1. The zero-order chi connectivity index (χ0) is 13.1. The lowest BCUT2D eigenvalue weighted by molar-refractivity contribution is 0.0692. The molecule has 1 atom stereocenters. The zero-order valence-electron chi connectivity index (χ0n) is 8.78. The van der Waals surface area contributed by atoms with Gasteiger partial charge in [0, 0.05) is 0 Å². The van der Waals surface area contributed by atoms with E-state index in [9.17, 15) is 13.2 Å². The summed E-state index contributed by atoms with van der Waals surface area (Å²) in [5, 5.41) is 26.5. The summed E-state index contributed by atoms with van der Waals surface area (Å²) >= 11 is 0. The largest absolute Gasteiger partial charge is 0.478 e. The van der Waals surface area contributed by atoms with Crippen molar-refractivity contribution >= 4 is 15.8 Å². The Balaban J connectivity index is 3.20. The minimum atomic E-state index is -3.94. The fraction of sp³-hybridized carbons (Fsp3) is 0.300. The van der Waals surface area contributed by atoms with Gasteiger partial charge in [0.1, 0.15) is 0 Å². The molecule has 3 N–H and O–H groups in total. The maximum atomic E-state index is 11.8. The third kappa shape index (κ3) is 3.26. The molecule has 0 amide bonds. The fourth-order valence-electron chi connectivity index (χ4n) is 1.31. The van der Waals surface area contributed by atoms with Crippen molar-refractivity contribution in [3.63, 3.8) is 0 Å². The summed E-state index contributed by atoms with van der Waals surface area (Å²) in [6.07, 6.45) is -1.43. The summed E-state index contributed by atoms with van der Waals surface area (Å²) in [6.45, 7) is -0.700. The van der Waals surface area contributed by atoms with E-state index in [1.807, 2.05) is 0 Å². The first-order valence-electron chi connectivity index (χ1n) is 4.72. The first-order valence-corrected chi connectivity index (χ1v) is 6.37. The van der Waals surface area contributed by atoms with Gasteiger partial charge in [0.2, 0.25) is 0 Å². The fourth-order valence-corrected chi connectivity index (χ4v) is 2.88. The smallest absolute Gasteiger partial charge is 0.337 e. The highest BCUT2D eigenvalue weighted by molar-refractivity contribution is 7.91. The van der Waals surface area contributed by atoms with Crippen LogP contribution in [0.15, 0.2) is 29.2 Å². The van der Waals surface area contributed by atoms with E-state index < -0.39 is 34.3 Å². The number of carboxylic acid groups (broad SMARTS) is 1. The topological polar surface area (TPSA) is 112 Å². The third-order valence-corrected chi connectivity index (χ3v) is 3.92. The number of carbonyl (C=O) groups is 1. The summed E-state index contributed by atoms with van der Waals surface area (Å²) in [7, 11) is -3.94. The molecular weight excluding hydrogens is 248 g/mol. The average molecular weight is 260 g/mol. The Morgan fingerprint density at radius 2 is 1.88 bits per heavy atom. The lowest BCUT2D eigenvalue weighted by Gasteiger charge is -2.10. The first-order chi connectivity index (χ1) is 7.88. The standard InChI is InChI=1S/C10H12O6S/c11-5-7(12)6-17(15,16)9-4-2-1-3-8(9)10(13)14/h1-4,7,11-12H,5-6H2,(H,13,14). The first kappa shape index (κ1) is 13.6. The summed E-state index contributed by atoms with van der Waals surface area (Å²) in [5.74, 6) is -2.07. The van der Waals surface area contributed by atoms with Gasteiger partial charge in [0.25, 0.3) is 0 Å². The lowest BCUT2D eigenvalue weighted by Crippen LogP contribution is -2.25. The molecule has 1 aromatic carbocycles. The van der Waals surface area contributed by atoms with Crippen molar-refractivity contribution in [2.45, 2.75) is 11.0 Å². The van der Waals surface area contributed by atoms with Crippen LogP contribution in [0.1, 0.15) is 10.4 Å². The van der Waals surface area contributed by atoms with Gasteiger partial charge in [-0.3, -0.25) is 0 Å². The molecule has 0 aliphatic carbocycles. The van der Waals surface area contributed by atoms with Crippen molar-refractivity contribution in [3.8, 4) is 0 Å². The lowest BCUT2D eigenvalue weighted by atomic mass is 10.2. The van der Waals surface area contributed by atoms with Crippen LogP contribution in [-0.2, 0) is 9.84 Å². The van der Waals surface area contributed by atoms with E-state index in [4.69, 9.17) is 15.3 Å². The van der Waals surface area contributed by atoms with Crippen molar-refractivity contribution in [2.24, 2.45) is 0 Å². The van der Waals surface area contributed by atoms with Gasteiger partial charge in [0.05, 0.1) is 28.9 Å². The Morgan fingerprint density at radius 1 is 1.29 bits per heavy atom. The van der Waals surface area contributed by atoms with Gasteiger partial charge in [-0.1, -0.05) is 12.1 Å². The van der Waals surface area contributed by atoms with Gasteiger partial charge in [-0.2, -0.15) is 0 Å². The van der Waals surface area contributed by atoms with Gasteiger partial charge in [0.15, 0.2) is 9.84 Å². The van der Waals surface area contributed by atoms with Crippen LogP contribution in [0.25, 0.3) is 0 Å². The van der Waals surface area contributed by atoms with E-state index in [0.717, 1.165) is 6.07 Å². The normalized spacial score (nSPS) is 13.3. The SMILES string of the molecule is O=C(O)c1ccccc1S(=O)(=O)CC(O)CO. The molecule has 0 aliphatic rings. The molecule has 6 nitrogen and oxygen atoms in total. The molecule has 0 saturated heterocycles. The number of rotatable bonds is 5. The molecule has 0 saturated carbocycles. The number of aliphatic hydroxyl groups is 2. The van der Waals surface area contributed by atoms with Crippen LogP contribution in [0, 0.1) is 0 Å². The maximum absolute atomic E-state index is 11.8. The monoisotopic (exact) mass is 260 g/mol. The van der Waals surface area contributed by atoms with Crippen LogP contribution in [0.5, 0.6) is 0 Å². The highest BCUT2D eigenvalue weighted by atomic mass is 32.2. The van der Waals surface area contributed by atoms with Crippen LogP contribution in [0.4, 0.5) is 0 Å². The molecule has 17 heavy (non-hydrogen) atoms. The molecule has 0 aliphatic heterocycles. The minimum absolute atomic E-state index is 0.349. The molecular formula is C10H12O6S. The van der Waals surface area contributed by atoms with Crippen molar-refractivity contribution in [1.82, 2.24) is 0 Å². The molecule has 0 bridgehead atoms. The van der Waals surface area contributed by atoms with Crippen LogP contribution in [0.2, 0.25) is 0 Å². The molecule has 94 valence electrons. The molecule has 0 heterocycles. The molecule has 1 unspecified atom stereocenters. The molecule has 7 heteroatoms. The molecule has 1 rings (SSSR count). The number of carboxylic acids is 1. The van der Waals surface area contributed by atoms with Crippen LogP contribution >= 0.6 is 0 Å². The van der Waals surface area contributed by atoms with Crippen molar-refractivity contribution < 1.29 is 28.5 Å². The Morgan fingerprint density at radius 3 is 2.41 bits per heavy atom. The van der Waals surface area contributed by atoms with Gasteiger partial charge in [-0.15, -0.1) is 0 Å². The Bertz CT molecular complexity index is 507. The number of aliphatic hydroxyl groups excluding tert-OH is 2. The Kier molecular flexibility index (Phi) is 4.22. The predicted octanol–water partition coefficient (Wildman–Crippen LogP) is -0.488. The zero-order valence-corrected chi connectivity index (χ0v) is 9.59. The second-order valence-corrected chi connectivity index (χ2v) is 5.42. The highest BCUT2D eigenvalue weighted by Crippen LogP contribution is 2.17. The van der Waals surface area contributed by atoms with Crippen molar-refractivity contribution in [2.75, 3.05) is 12.4 Å². The molecule has 1 aromatic rings. The quantitative estimate of drug-likeness (QED) is 0.658. The van der Waals surface area contributed by atoms with Crippen LogP contribution in [0.3, 0.4) is 0 Å². The van der Waals surface area contributed by atoms with E-state index in [2.05, 4.69) is 0 Å². The molecule has 0 aromatic heterocycles. The highest BCUT2D eigenvalue weighted by Gasteiger charge is 2.24. The summed E-state index contributed by atoms with van der Waals surface area (Å²) < 4.78 is 23.6. The minimum Gasteiger partial charge on any atom is -0.478 e. The van der Waals surface area contributed by atoms with Crippen LogP contribution in [-0.4, -0.2) is 48.2 Å². The molecule has 0 spiro atoms. The number of hydrogen-bond donors (Lipinski definition) is 3. The van der Waals surface area contributed by atoms with Crippen molar-refractivity contribution in [1.29, 1.82) is 0 Å². The van der Waals surface area contributed by atoms with E-state index in [1.165, 1.54) is 18.2 Å². The predicted molar refractivity (Wildman–Crippen MR) is 58.5 cm³/mol. The molecule has 0 radical (unpaired) electrons. The number of aromatic carboxylic acids is 1. The van der Waals surface area contributed by atoms with E-state index in [0.29, 0.717) is 0 Å².